The summed E-state index contributed by atoms with van der Waals surface area (Å²) in [6.45, 7) is 19.2. The number of aliphatic hydroxyl groups is 1. The van der Waals surface area contributed by atoms with Crippen LogP contribution in [0.2, 0.25) is 18.1 Å². The predicted octanol–water partition coefficient (Wildman–Crippen LogP) is 4.16. The largest absolute Gasteiger partial charge is 0.444 e. The molecule has 0 radical (unpaired) electrons. The summed E-state index contributed by atoms with van der Waals surface area (Å²) in [6, 6.07) is -0.379. The van der Waals surface area contributed by atoms with Crippen LogP contribution < -0.4 is 0 Å². The highest BCUT2D eigenvalue weighted by molar-refractivity contribution is 6.74. The van der Waals surface area contributed by atoms with Crippen LogP contribution in [0.25, 0.3) is 0 Å². The molecule has 142 valence electrons. The van der Waals surface area contributed by atoms with E-state index in [9.17, 15) is 9.90 Å². The van der Waals surface area contributed by atoms with Crippen LogP contribution in [0.1, 0.15) is 61.3 Å². The minimum atomic E-state index is -1.95. The molecule has 1 fully saturated rings. The maximum atomic E-state index is 12.6. The number of carbonyl (C=O) groups is 1. The number of carbonyl (C=O) groups excluding carboxylic acids is 1. The highest BCUT2D eigenvalue weighted by atomic mass is 28.4. The molecule has 0 saturated carbocycles. The first-order valence-corrected chi connectivity index (χ1v) is 11.8. The van der Waals surface area contributed by atoms with Gasteiger partial charge in [-0.3, -0.25) is 0 Å². The van der Waals surface area contributed by atoms with Crippen molar-refractivity contribution in [2.24, 2.45) is 0 Å². The van der Waals surface area contributed by atoms with E-state index in [1.54, 1.807) is 11.8 Å². The average molecular weight is 360 g/mol. The van der Waals surface area contributed by atoms with Gasteiger partial charge >= 0.3 is 6.09 Å². The van der Waals surface area contributed by atoms with Crippen LogP contribution >= 0.6 is 0 Å². The zero-order valence-corrected chi connectivity index (χ0v) is 18.0. The molecular formula is C18H37NO4Si. The van der Waals surface area contributed by atoms with Gasteiger partial charge in [0.15, 0.2) is 8.32 Å². The van der Waals surface area contributed by atoms with Crippen LogP contribution in [0.3, 0.4) is 0 Å². The van der Waals surface area contributed by atoms with Gasteiger partial charge in [0.25, 0.3) is 0 Å². The number of amides is 1. The Balaban J connectivity index is 2.93. The second kappa shape index (κ2) is 6.96. The van der Waals surface area contributed by atoms with Crippen molar-refractivity contribution in [1.82, 2.24) is 4.90 Å². The van der Waals surface area contributed by atoms with E-state index < -0.39 is 19.5 Å². The van der Waals surface area contributed by atoms with Crippen molar-refractivity contribution in [2.75, 3.05) is 13.2 Å². The van der Waals surface area contributed by atoms with E-state index in [0.717, 1.165) is 6.42 Å². The second-order valence-electron chi connectivity index (χ2n) is 9.72. The third kappa shape index (κ3) is 5.46. The number of hydrogen-bond donors (Lipinski definition) is 1. The molecule has 1 amide bonds. The summed E-state index contributed by atoms with van der Waals surface area (Å²) in [6.07, 6.45) is 1.06. The Bertz CT molecular complexity index is 449. The van der Waals surface area contributed by atoms with E-state index >= 15 is 0 Å². The van der Waals surface area contributed by atoms with Crippen LogP contribution in [-0.4, -0.2) is 54.8 Å². The molecule has 2 atom stereocenters. The minimum absolute atomic E-state index is 0.0876. The van der Waals surface area contributed by atoms with Crippen LogP contribution in [-0.2, 0) is 9.16 Å². The Kier molecular flexibility index (Phi) is 6.22. The lowest BCUT2D eigenvalue weighted by molar-refractivity contribution is -0.0860. The summed E-state index contributed by atoms with van der Waals surface area (Å²) in [7, 11) is -1.95. The topological polar surface area (TPSA) is 59.0 Å². The smallest absolute Gasteiger partial charge is 0.410 e. The van der Waals surface area contributed by atoms with Crippen LogP contribution in [0, 0.1) is 0 Å². The lowest BCUT2D eigenvalue weighted by atomic mass is 9.87. The molecule has 0 aromatic heterocycles. The van der Waals surface area contributed by atoms with Crippen molar-refractivity contribution in [3.05, 3.63) is 0 Å². The average Bonchev–Trinajstić information content (AvgIpc) is 2.32. The first kappa shape index (κ1) is 21.4. The van der Waals surface area contributed by atoms with E-state index in [1.807, 2.05) is 20.8 Å². The van der Waals surface area contributed by atoms with Gasteiger partial charge in [0, 0.05) is 6.54 Å². The standard InChI is InChI=1S/C18H37NO4Si/c1-16(2,3)23-15(20)19-12-10-11-18(7,21)14(19)13-22-24(8,9)17(4,5)6/h14,21H,10-13H2,1-9H3/t14-,18-/m1/s1. The number of piperidine rings is 1. The fraction of sp³-hybridized carbons (Fsp3) is 0.944. The van der Waals surface area contributed by atoms with Gasteiger partial charge in [0.1, 0.15) is 5.60 Å². The molecule has 1 heterocycles. The monoisotopic (exact) mass is 359 g/mol. The molecule has 0 aromatic rings. The highest BCUT2D eigenvalue weighted by Crippen LogP contribution is 2.38. The van der Waals surface area contributed by atoms with Crippen LogP contribution in [0.15, 0.2) is 0 Å². The Labute approximate surface area is 148 Å². The van der Waals surface area contributed by atoms with Gasteiger partial charge in [-0.15, -0.1) is 0 Å². The normalized spacial score (nSPS) is 26.4. The highest BCUT2D eigenvalue weighted by Gasteiger charge is 2.45. The van der Waals surface area contributed by atoms with Crippen LogP contribution in [0.5, 0.6) is 0 Å². The fourth-order valence-corrected chi connectivity index (χ4v) is 3.59. The molecule has 0 spiro atoms. The van der Waals surface area contributed by atoms with Crippen molar-refractivity contribution in [3.8, 4) is 0 Å². The maximum Gasteiger partial charge on any atom is 0.410 e. The number of nitrogens with zero attached hydrogens (tertiary/aromatic N) is 1. The van der Waals surface area contributed by atoms with E-state index in [4.69, 9.17) is 9.16 Å². The Morgan fingerprint density at radius 2 is 1.79 bits per heavy atom. The molecule has 24 heavy (non-hydrogen) atoms. The molecule has 0 aromatic carbocycles. The molecule has 0 bridgehead atoms. The van der Waals surface area contributed by atoms with E-state index in [1.165, 1.54) is 0 Å². The van der Waals surface area contributed by atoms with E-state index in [2.05, 4.69) is 33.9 Å². The number of ether oxygens (including phenoxy) is 1. The lowest BCUT2D eigenvalue weighted by Crippen LogP contribution is -2.61. The summed E-state index contributed by atoms with van der Waals surface area (Å²) in [4.78, 5) is 14.2. The third-order valence-electron chi connectivity index (χ3n) is 5.21. The SMILES string of the molecule is CC(C)(C)OC(=O)N1CCC[C@@](C)(O)[C@H]1CO[Si](C)(C)C(C)(C)C. The molecule has 1 saturated heterocycles. The molecule has 5 nitrogen and oxygen atoms in total. The molecule has 1 N–H and O–H groups in total. The molecule has 0 unspecified atom stereocenters. The van der Waals surface area contributed by atoms with Gasteiger partial charge in [-0.05, 0) is 58.7 Å². The molecule has 1 aliphatic heterocycles. The van der Waals surface area contributed by atoms with Gasteiger partial charge in [0.05, 0.1) is 18.2 Å². The van der Waals surface area contributed by atoms with Gasteiger partial charge in [-0.2, -0.15) is 0 Å². The number of hydrogen-bond acceptors (Lipinski definition) is 4. The van der Waals surface area contributed by atoms with Crippen molar-refractivity contribution in [2.45, 2.75) is 96.7 Å². The summed E-state index contributed by atoms with van der Waals surface area (Å²) < 4.78 is 11.8. The summed E-state index contributed by atoms with van der Waals surface area (Å²) in [5.41, 5.74) is -1.51. The summed E-state index contributed by atoms with van der Waals surface area (Å²) in [5, 5.41) is 10.9. The van der Waals surface area contributed by atoms with Crippen LogP contribution in [0.4, 0.5) is 4.79 Å². The Morgan fingerprint density at radius 1 is 1.25 bits per heavy atom. The molecule has 0 aliphatic carbocycles. The molecular weight excluding hydrogens is 322 g/mol. The van der Waals surface area contributed by atoms with Gasteiger partial charge in [0.2, 0.25) is 0 Å². The lowest BCUT2D eigenvalue weighted by Gasteiger charge is -2.47. The zero-order valence-electron chi connectivity index (χ0n) is 17.0. The first-order valence-electron chi connectivity index (χ1n) is 8.93. The van der Waals surface area contributed by atoms with Gasteiger partial charge < -0.3 is 19.2 Å². The molecule has 1 aliphatic rings. The minimum Gasteiger partial charge on any atom is -0.444 e. The van der Waals surface area contributed by atoms with Gasteiger partial charge in [-0.25, -0.2) is 4.79 Å². The van der Waals surface area contributed by atoms with Crippen molar-refractivity contribution >= 4 is 14.4 Å². The quantitative estimate of drug-likeness (QED) is 0.769. The maximum absolute atomic E-state index is 12.6. The third-order valence-corrected chi connectivity index (χ3v) is 9.71. The summed E-state index contributed by atoms with van der Waals surface area (Å²) >= 11 is 0. The zero-order chi connectivity index (χ0) is 19.0. The predicted molar refractivity (Wildman–Crippen MR) is 99.7 cm³/mol. The van der Waals surface area contributed by atoms with Crippen molar-refractivity contribution < 1.29 is 19.1 Å². The van der Waals surface area contributed by atoms with Gasteiger partial charge in [-0.1, -0.05) is 20.8 Å². The fourth-order valence-electron chi connectivity index (χ4n) is 2.58. The van der Waals surface area contributed by atoms with Crippen molar-refractivity contribution in [1.29, 1.82) is 0 Å². The van der Waals surface area contributed by atoms with E-state index in [-0.39, 0.29) is 17.2 Å². The Hall–Kier alpha value is -0.593. The molecule has 6 heteroatoms. The first-order chi connectivity index (χ1) is 10.6. The van der Waals surface area contributed by atoms with E-state index in [0.29, 0.717) is 19.6 Å². The van der Waals surface area contributed by atoms with Crippen molar-refractivity contribution in [3.63, 3.8) is 0 Å². The molecule has 1 rings (SSSR count). The number of rotatable bonds is 3. The number of likely N-dealkylation sites (tertiary alicyclic amines) is 1. The summed E-state index contributed by atoms with van der Waals surface area (Å²) in [5.74, 6) is 0. The second-order valence-corrected chi connectivity index (χ2v) is 14.5. The Morgan fingerprint density at radius 3 is 2.25 bits per heavy atom.